The average Bonchev–Trinajstić information content (AvgIpc) is 3.18. The molecule has 0 aliphatic carbocycles. The molecule has 1 saturated heterocycles. The zero-order chi connectivity index (χ0) is 17.7. The third kappa shape index (κ3) is 4.96. The Morgan fingerprint density at radius 3 is 3.04 bits per heavy atom. The van der Waals surface area contributed by atoms with E-state index in [0.717, 1.165) is 39.2 Å². The molecule has 1 unspecified atom stereocenters. The van der Waals surface area contributed by atoms with Gasteiger partial charge in [0.1, 0.15) is 0 Å². The molecule has 1 aromatic heterocycles. The highest BCUT2D eigenvalue weighted by atomic mass is 32.1. The molecule has 0 aromatic carbocycles. The highest BCUT2D eigenvalue weighted by Gasteiger charge is 2.33. The zero-order valence-electron chi connectivity index (χ0n) is 15.8. The summed E-state index contributed by atoms with van der Waals surface area (Å²) in [7, 11) is 1.81. The van der Waals surface area contributed by atoms with Crippen molar-refractivity contribution in [2.75, 3.05) is 46.4 Å². The van der Waals surface area contributed by atoms with Crippen molar-refractivity contribution in [3.05, 3.63) is 40.7 Å². The van der Waals surface area contributed by atoms with Gasteiger partial charge in [0.2, 0.25) is 0 Å². The number of allylic oxidation sites excluding steroid dienone is 1. The van der Waals surface area contributed by atoms with Crippen molar-refractivity contribution in [2.24, 2.45) is 5.41 Å². The van der Waals surface area contributed by atoms with Gasteiger partial charge < -0.3 is 14.5 Å². The highest BCUT2D eigenvalue weighted by molar-refractivity contribution is 7.11. The summed E-state index contributed by atoms with van der Waals surface area (Å²) in [5.74, 6) is 0. The Balaban J connectivity index is 1.47. The monoisotopic (exact) mass is 360 g/mol. The maximum atomic E-state index is 5.39. The summed E-state index contributed by atoms with van der Waals surface area (Å²) < 4.78 is 5.39. The minimum atomic E-state index is 0.330. The Morgan fingerprint density at radius 1 is 1.40 bits per heavy atom. The van der Waals surface area contributed by atoms with E-state index in [4.69, 9.17) is 4.74 Å². The molecule has 138 valence electrons. The van der Waals surface area contributed by atoms with Crippen molar-refractivity contribution in [2.45, 2.75) is 32.6 Å². The molecular formula is C21H32N2OS. The van der Waals surface area contributed by atoms with E-state index < -0.39 is 0 Å². The fourth-order valence-electron chi connectivity index (χ4n) is 4.07. The fraction of sp³-hybridized carbons (Fsp3) is 0.619. The minimum Gasteiger partial charge on any atom is -0.384 e. The van der Waals surface area contributed by atoms with Crippen molar-refractivity contribution in [3.63, 3.8) is 0 Å². The lowest BCUT2D eigenvalue weighted by Gasteiger charge is -2.27. The molecule has 4 heteroatoms. The first-order chi connectivity index (χ1) is 12.1. The number of hydrogen-bond donors (Lipinski definition) is 0. The Labute approximate surface area is 157 Å². The predicted octanol–water partition coefficient (Wildman–Crippen LogP) is 4.49. The lowest BCUT2D eigenvalue weighted by atomic mass is 9.91. The number of thiophene rings is 1. The van der Waals surface area contributed by atoms with Crippen molar-refractivity contribution < 1.29 is 4.74 Å². The predicted molar refractivity (Wildman–Crippen MR) is 108 cm³/mol. The summed E-state index contributed by atoms with van der Waals surface area (Å²) in [6.07, 6.45) is 7.13. The van der Waals surface area contributed by atoms with Gasteiger partial charge in [-0.2, -0.15) is 0 Å². The summed E-state index contributed by atoms with van der Waals surface area (Å²) in [5.41, 5.74) is 3.14. The second-order valence-electron chi connectivity index (χ2n) is 7.84. The van der Waals surface area contributed by atoms with Crippen LogP contribution in [0, 0.1) is 5.41 Å². The van der Waals surface area contributed by atoms with Gasteiger partial charge in [-0.1, -0.05) is 25.6 Å². The molecule has 0 N–H and O–H groups in total. The van der Waals surface area contributed by atoms with Crippen molar-refractivity contribution >= 4 is 16.9 Å². The van der Waals surface area contributed by atoms with Crippen molar-refractivity contribution in [3.8, 4) is 0 Å². The van der Waals surface area contributed by atoms with E-state index in [9.17, 15) is 0 Å². The van der Waals surface area contributed by atoms with Gasteiger partial charge in [-0.15, -0.1) is 11.3 Å². The normalized spacial score (nSPS) is 25.0. The molecular weight excluding hydrogens is 328 g/mol. The highest BCUT2D eigenvalue weighted by Crippen LogP contribution is 2.31. The molecule has 1 fully saturated rings. The van der Waals surface area contributed by atoms with E-state index in [-0.39, 0.29) is 0 Å². The number of hydrogen-bond acceptors (Lipinski definition) is 4. The fourth-order valence-corrected chi connectivity index (χ4v) is 4.87. The van der Waals surface area contributed by atoms with Gasteiger partial charge in [-0.05, 0) is 49.2 Å². The van der Waals surface area contributed by atoms with E-state index in [1.807, 2.05) is 18.4 Å². The molecule has 1 atom stereocenters. The SMILES string of the molecule is C=C(CCN1CCC(C)(COC)C1)N1CC=C(c2cccs2)CCC1. The third-order valence-electron chi connectivity index (χ3n) is 5.56. The lowest BCUT2D eigenvalue weighted by Crippen LogP contribution is -2.31. The van der Waals surface area contributed by atoms with E-state index in [1.54, 1.807) is 0 Å². The van der Waals surface area contributed by atoms with Gasteiger partial charge >= 0.3 is 0 Å². The lowest BCUT2D eigenvalue weighted by molar-refractivity contribution is 0.0962. The van der Waals surface area contributed by atoms with E-state index in [1.165, 1.54) is 42.0 Å². The van der Waals surface area contributed by atoms with Crippen LogP contribution in [0.1, 0.15) is 37.5 Å². The molecule has 3 nitrogen and oxygen atoms in total. The van der Waals surface area contributed by atoms with Gasteiger partial charge in [0.15, 0.2) is 0 Å². The van der Waals surface area contributed by atoms with Crippen molar-refractivity contribution in [1.29, 1.82) is 0 Å². The van der Waals surface area contributed by atoms with Gasteiger partial charge in [-0.25, -0.2) is 0 Å². The molecule has 3 heterocycles. The summed E-state index contributed by atoms with van der Waals surface area (Å²) in [6, 6.07) is 4.39. The van der Waals surface area contributed by atoms with Crippen LogP contribution in [0.3, 0.4) is 0 Å². The second-order valence-corrected chi connectivity index (χ2v) is 8.79. The molecule has 2 aliphatic rings. The third-order valence-corrected chi connectivity index (χ3v) is 6.51. The summed E-state index contributed by atoms with van der Waals surface area (Å²) in [5, 5.41) is 2.17. The van der Waals surface area contributed by atoms with Crippen LogP contribution in [0.25, 0.3) is 5.57 Å². The van der Waals surface area contributed by atoms with Crippen LogP contribution < -0.4 is 0 Å². The largest absolute Gasteiger partial charge is 0.384 e. The number of methoxy groups -OCH3 is 1. The van der Waals surface area contributed by atoms with Crippen LogP contribution in [-0.2, 0) is 4.74 Å². The van der Waals surface area contributed by atoms with Gasteiger partial charge in [0, 0.05) is 49.3 Å². The van der Waals surface area contributed by atoms with E-state index in [0.29, 0.717) is 5.41 Å². The second kappa shape index (κ2) is 8.52. The maximum absolute atomic E-state index is 5.39. The molecule has 0 radical (unpaired) electrons. The maximum Gasteiger partial charge on any atom is 0.0528 e. The number of ether oxygens (including phenoxy) is 1. The molecule has 3 rings (SSSR count). The molecule has 0 saturated carbocycles. The molecule has 25 heavy (non-hydrogen) atoms. The first-order valence-corrected chi connectivity index (χ1v) is 10.3. The Kier molecular flexibility index (Phi) is 6.37. The molecule has 0 bridgehead atoms. The van der Waals surface area contributed by atoms with Crippen LogP contribution in [0.5, 0.6) is 0 Å². The van der Waals surface area contributed by atoms with Crippen LogP contribution in [0.2, 0.25) is 0 Å². The quantitative estimate of drug-likeness (QED) is 0.712. The molecule has 0 amide bonds. The number of rotatable bonds is 7. The smallest absolute Gasteiger partial charge is 0.0528 e. The molecule has 2 aliphatic heterocycles. The van der Waals surface area contributed by atoms with Gasteiger partial charge in [-0.3, -0.25) is 0 Å². The van der Waals surface area contributed by atoms with E-state index >= 15 is 0 Å². The first kappa shape index (κ1) is 18.7. The standard InChI is InChI=1S/C21H32N2OS/c1-18(8-12-22-14-10-21(2,16-22)17-24-3)23-11-4-6-19(9-13-23)20-7-5-15-25-20/h5,7,9,15H,1,4,6,8,10-14,16-17H2,2-3H3. The first-order valence-electron chi connectivity index (χ1n) is 9.47. The summed E-state index contributed by atoms with van der Waals surface area (Å²) >= 11 is 1.85. The average molecular weight is 361 g/mol. The summed E-state index contributed by atoms with van der Waals surface area (Å²) in [4.78, 5) is 6.49. The number of likely N-dealkylation sites (tertiary alicyclic amines) is 1. The van der Waals surface area contributed by atoms with Crippen LogP contribution >= 0.6 is 11.3 Å². The molecule has 1 aromatic rings. The minimum absolute atomic E-state index is 0.330. The van der Waals surface area contributed by atoms with Gasteiger partial charge in [0.05, 0.1) is 6.61 Å². The summed E-state index contributed by atoms with van der Waals surface area (Å²) in [6.45, 7) is 13.2. The van der Waals surface area contributed by atoms with Crippen LogP contribution in [-0.4, -0.2) is 56.2 Å². The Morgan fingerprint density at radius 2 is 2.28 bits per heavy atom. The van der Waals surface area contributed by atoms with Crippen molar-refractivity contribution in [1.82, 2.24) is 9.80 Å². The van der Waals surface area contributed by atoms with Crippen LogP contribution in [0.4, 0.5) is 0 Å². The topological polar surface area (TPSA) is 15.7 Å². The Bertz CT molecular complexity index is 595. The molecule has 0 spiro atoms. The van der Waals surface area contributed by atoms with Gasteiger partial charge in [0.25, 0.3) is 0 Å². The van der Waals surface area contributed by atoms with E-state index in [2.05, 4.69) is 46.9 Å². The Hall–Kier alpha value is -1.10. The zero-order valence-corrected chi connectivity index (χ0v) is 16.6. The number of nitrogens with zero attached hydrogens (tertiary/aromatic N) is 2. The van der Waals surface area contributed by atoms with Crippen LogP contribution in [0.15, 0.2) is 35.9 Å².